The Morgan fingerprint density at radius 1 is 1.00 bits per heavy atom. The summed E-state index contributed by atoms with van der Waals surface area (Å²) in [7, 11) is 8.11. The zero-order valence-corrected chi connectivity index (χ0v) is 14.4. The van der Waals surface area contributed by atoms with Crippen molar-refractivity contribution in [2.75, 3.05) is 28.2 Å². The Balaban J connectivity index is 2.10. The second-order valence-corrected chi connectivity index (χ2v) is 5.94. The van der Waals surface area contributed by atoms with E-state index in [4.69, 9.17) is 4.74 Å². The minimum Gasteiger partial charge on any atom is -0.489 e. The van der Waals surface area contributed by atoms with Crippen molar-refractivity contribution in [3.63, 3.8) is 0 Å². The summed E-state index contributed by atoms with van der Waals surface area (Å²) < 4.78 is 7.89. The average molecular weight is 309 g/mol. The highest BCUT2D eigenvalue weighted by atomic mass is 16.5. The molecule has 2 aromatic carbocycles. The molecule has 0 aliphatic rings. The fourth-order valence-corrected chi connectivity index (χ4v) is 2.22. The summed E-state index contributed by atoms with van der Waals surface area (Å²) in [5, 5.41) is 0. The van der Waals surface area contributed by atoms with Gasteiger partial charge in [0.15, 0.2) is 6.21 Å². The van der Waals surface area contributed by atoms with Crippen molar-refractivity contribution >= 4 is 11.8 Å². The van der Waals surface area contributed by atoms with E-state index in [1.165, 1.54) is 11.1 Å². The first-order valence-corrected chi connectivity index (χ1v) is 7.71. The molecular weight excluding hydrogens is 284 g/mol. The number of hydrogen-bond donors (Lipinski definition) is 0. The third-order valence-corrected chi connectivity index (χ3v) is 3.23. The fourth-order valence-electron chi connectivity index (χ4n) is 2.22. The summed E-state index contributed by atoms with van der Waals surface area (Å²) >= 11 is 0. The van der Waals surface area contributed by atoms with Gasteiger partial charge in [-0.3, -0.25) is 0 Å². The maximum atomic E-state index is 5.84. The van der Waals surface area contributed by atoms with Crippen LogP contribution in [0.15, 0.2) is 60.8 Å². The van der Waals surface area contributed by atoms with Gasteiger partial charge in [0.1, 0.15) is 26.5 Å². The van der Waals surface area contributed by atoms with E-state index in [1.54, 1.807) is 0 Å². The number of allylic oxidation sites excluding steroid dienone is 1. The summed E-state index contributed by atoms with van der Waals surface area (Å²) in [5.74, 6) is 0.881. The smallest absolute Gasteiger partial charge is 0.172 e. The lowest BCUT2D eigenvalue weighted by Gasteiger charge is -2.10. The molecule has 0 N–H and O–H groups in total. The largest absolute Gasteiger partial charge is 0.489 e. The van der Waals surface area contributed by atoms with Crippen LogP contribution in [0.1, 0.15) is 11.1 Å². The first-order valence-electron chi connectivity index (χ1n) is 7.71. The summed E-state index contributed by atoms with van der Waals surface area (Å²) in [6.45, 7) is 0.588. The van der Waals surface area contributed by atoms with Crippen molar-refractivity contribution in [1.82, 2.24) is 4.90 Å². The van der Waals surface area contributed by atoms with Gasteiger partial charge < -0.3 is 9.64 Å². The third-order valence-electron chi connectivity index (χ3n) is 3.23. The first kappa shape index (κ1) is 16.8. The Morgan fingerprint density at radius 2 is 1.65 bits per heavy atom. The number of hydrogen-bond acceptors (Lipinski definition) is 2. The molecule has 0 aromatic heterocycles. The Hall–Kier alpha value is -2.55. The van der Waals surface area contributed by atoms with Crippen molar-refractivity contribution < 1.29 is 9.31 Å². The van der Waals surface area contributed by atoms with Crippen LogP contribution in [-0.2, 0) is 6.61 Å². The van der Waals surface area contributed by atoms with Crippen LogP contribution in [0.5, 0.6) is 5.75 Å². The molecule has 23 heavy (non-hydrogen) atoms. The van der Waals surface area contributed by atoms with Crippen LogP contribution in [0.3, 0.4) is 0 Å². The highest BCUT2D eigenvalue weighted by molar-refractivity contribution is 6.07. The van der Waals surface area contributed by atoms with Gasteiger partial charge in [0.2, 0.25) is 0 Å². The molecule has 0 unspecified atom stereocenters. The van der Waals surface area contributed by atoms with E-state index < -0.39 is 0 Å². The number of benzene rings is 2. The molecule has 2 aromatic rings. The maximum Gasteiger partial charge on any atom is 0.172 e. The molecule has 0 radical (unpaired) electrons. The summed E-state index contributed by atoms with van der Waals surface area (Å²) in [4.78, 5) is 2.05. The molecular formula is C20H25N2O+. The lowest BCUT2D eigenvalue weighted by Crippen LogP contribution is -2.07. The Bertz CT molecular complexity index is 667. The van der Waals surface area contributed by atoms with Gasteiger partial charge in [-0.2, -0.15) is 0 Å². The molecule has 3 heteroatoms. The summed E-state index contributed by atoms with van der Waals surface area (Å²) in [6.07, 6.45) is 4.22. The molecule has 0 fully saturated rings. The fraction of sp³-hybridized carbons (Fsp3) is 0.250. The van der Waals surface area contributed by atoms with Gasteiger partial charge in [-0.25, -0.2) is 4.58 Å². The topological polar surface area (TPSA) is 15.5 Å². The van der Waals surface area contributed by atoms with Crippen LogP contribution in [0.25, 0.3) is 5.57 Å². The van der Waals surface area contributed by atoms with Gasteiger partial charge in [-0.1, -0.05) is 42.5 Å². The first-order chi connectivity index (χ1) is 11.0. The van der Waals surface area contributed by atoms with E-state index in [2.05, 4.69) is 46.2 Å². The van der Waals surface area contributed by atoms with Gasteiger partial charge >= 0.3 is 0 Å². The Labute approximate surface area is 139 Å². The van der Waals surface area contributed by atoms with Crippen LogP contribution < -0.4 is 4.74 Å². The molecule has 0 atom stereocenters. The SMILES string of the molecule is CN(C)C=C(C=[N+](C)C)c1ccc(OCc2ccccc2)cc1. The van der Waals surface area contributed by atoms with Crippen LogP contribution in [-0.4, -0.2) is 43.9 Å². The standard InChI is InChI=1S/C20H25N2O/c1-21(2)14-19(15-22(3)4)18-10-12-20(13-11-18)23-16-17-8-6-5-7-9-17/h5-15H,16H2,1-4H3/q+1. The van der Waals surface area contributed by atoms with Crippen LogP contribution in [0.2, 0.25) is 0 Å². The van der Waals surface area contributed by atoms with Crippen molar-refractivity contribution in [2.45, 2.75) is 6.61 Å². The molecule has 3 nitrogen and oxygen atoms in total. The van der Waals surface area contributed by atoms with Gasteiger partial charge in [-0.05, 0) is 23.3 Å². The molecule has 0 spiro atoms. The molecule has 0 aliphatic carbocycles. The maximum absolute atomic E-state index is 5.84. The zero-order valence-electron chi connectivity index (χ0n) is 14.4. The minimum absolute atomic E-state index is 0.588. The van der Waals surface area contributed by atoms with E-state index in [1.807, 2.05) is 58.5 Å². The monoisotopic (exact) mass is 309 g/mol. The number of rotatable bonds is 6. The van der Waals surface area contributed by atoms with Crippen molar-refractivity contribution in [1.29, 1.82) is 0 Å². The summed E-state index contributed by atoms with van der Waals surface area (Å²) in [6, 6.07) is 18.4. The molecule has 120 valence electrons. The molecule has 0 heterocycles. The van der Waals surface area contributed by atoms with Crippen LogP contribution >= 0.6 is 0 Å². The number of nitrogens with zero attached hydrogens (tertiary/aromatic N) is 2. The van der Waals surface area contributed by atoms with E-state index in [0.717, 1.165) is 11.3 Å². The highest BCUT2D eigenvalue weighted by Gasteiger charge is 2.04. The minimum atomic E-state index is 0.588. The lowest BCUT2D eigenvalue weighted by atomic mass is 10.1. The number of ether oxygens (including phenoxy) is 1. The van der Waals surface area contributed by atoms with Crippen molar-refractivity contribution in [3.8, 4) is 5.75 Å². The van der Waals surface area contributed by atoms with Gasteiger partial charge in [-0.15, -0.1) is 0 Å². The quantitative estimate of drug-likeness (QED) is 0.599. The van der Waals surface area contributed by atoms with E-state index >= 15 is 0 Å². The molecule has 0 saturated heterocycles. The van der Waals surface area contributed by atoms with Crippen LogP contribution in [0.4, 0.5) is 0 Å². The predicted octanol–water partition coefficient (Wildman–Crippen LogP) is 3.51. The average Bonchev–Trinajstić information content (AvgIpc) is 2.53. The zero-order chi connectivity index (χ0) is 16.7. The Morgan fingerprint density at radius 3 is 2.22 bits per heavy atom. The predicted molar refractivity (Wildman–Crippen MR) is 97.1 cm³/mol. The lowest BCUT2D eigenvalue weighted by molar-refractivity contribution is -0.458. The highest BCUT2D eigenvalue weighted by Crippen LogP contribution is 2.19. The van der Waals surface area contributed by atoms with E-state index in [9.17, 15) is 0 Å². The molecule has 0 bridgehead atoms. The Kier molecular flexibility index (Phi) is 5.98. The molecule has 2 rings (SSSR count). The second-order valence-electron chi connectivity index (χ2n) is 5.94. The normalized spacial score (nSPS) is 11.0. The van der Waals surface area contributed by atoms with Gasteiger partial charge in [0.25, 0.3) is 0 Å². The third kappa shape index (κ3) is 5.62. The molecule has 0 amide bonds. The van der Waals surface area contributed by atoms with Crippen molar-refractivity contribution in [2.24, 2.45) is 0 Å². The van der Waals surface area contributed by atoms with E-state index in [0.29, 0.717) is 6.61 Å². The van der Waals surface area contributed by atoms with E-state index in [-0.39, 0.29) is 0 Å². The molecule has 0 aliphatic heterocycles. The summed E-state index contributed by atoms with van der Waals surface area (Å²) in [5.41, 5.74) is 3.50. The van der Waals surface area contributed by atoms with Gasteiger partial charge in [0.05, 0.1) is 5.57 Å². The molecule has 0 saturated carbocycles. The van der Waals surface area contributed by atoms with Crippen molar-refractivity contribution in [3.05, 3.63) is 71.9 Å². The van der Waals surface area contributed by atoms with Gasteiger partial charge in [0, 0.05) is 20.3 Å². The second kappa shape index (κ2) is 8.18. The van der Waals surface area contributed by atoms with Crippen LogP contribution in [0, 0.1) is 0 Å².